The molecule has 0 unspecified atom stereocenters. The molecule has 148 valence electrons. The fraction of sp³-hybridized carbons (Fsp3) is 0.125. The Kier molecular flexibility index (Phi) is 31.8. The molecular weight excluding hydrogens is 348 g/mol. The first-order valence-electron chi connectivity index (χ1n) is 7.93. The molecule has 1 rings (SSSR count). The Morgan fingerprint density at radius 2 is 1.39 bits per heavy atom. The summed E-state index contributed by atoms with van der Waals surface area (Å²) in [6, 6.07) is 13.6. The van der Waals surface area contributed by atoms with E-state index in [2.05, 4.69) is 44.2 Å². The molecule has 0 fully saturated rings. The summed E-state index contributed by atoms with van der Waals surface area (Å²) in [6.45, 7) is 23.4. The van der Waals surface area contributed by atoms with Gasteiger partial charge in [-0.3, -0.25) is 0 Å². The quantitative estimate of drug-likeness (QED) is 0.271. The number of hydrogen-bond donors (Lipinski definition) is 0. The van der Waals surface area contributed by atoms with Gasteiger partial charge in [0.05, 0.1) is 19.2 Å². The molecule has 0 saturated heterocycles. The van der Waals surface area contributed by atoms with Crippen LogP contribution in [0.4, 0.5) is 0 Å². The SMILES string of the molecule is C=C(C)C#N.C=C(C)C(=O)OC.C=CC#N.C=CC=C.C=Cc1ccccc1. The zero-order valence-corrected chi connectivity index (χ0v) is 17.1. The minimum absolute atomic E-state index is 0.347. The smallest absolute Gasteiger partial charge is 0.332 e. The number of nitriles is 2. The Hall–Kier alpha value is -3.89. The summed E-state index contributed by atoms with van der Waals surface area (Å²) in [5, 5.41) is 15.3. The number of hydrogen-bond acceptors (Lipinski definition) is 4. The number of nitrogens with zero attached hydrogens (tertiary/aromatic N) is 2. The van der Waals surface area contributed by atoms with Crippen LogP contribution in [-0.2, 0) is 9.53 Å². The van der Waals surface area contributed by atoms with E-state index in [-0.39, 0.29) is 5.97 Å². The molecule has 0 heterocycles. The number of ether oxygens (including phenoxy) is 1. The van der Waals surface area contributed by atoms with Crippen molar-refractivity contribution in [3.05, 3.63) is 105 Å². The van der Waals surface area contributed by atoms with E-state index in [1.54, 1.807) is 32.1 Å². The van der Waals surface area contributed by atoms with Gasteiger partial charge in [0.15, 0.2) is 0 Å². The van der Waals surface area contributed by atoms with Crippen molar-refractivity contribution in [2.75, 3.05) is 7.11 Å². The summed E-state index contributed by atoms with van der Waals surface area (Å²) in [5.41, 5.74) is 2.17. The van der Waals surface area contributed by atoms with E-state index in [1.807, 2.05) is 42.5 Å². The van der Waals surface area contributed by atoms with Gasteiger partial charge in [-0.25, -0.2) is 4.79 Å². The molecular formula is C24H30N2O2. The van der Waals surface area contributed by atoms with Gasteiger partial charge in [-0.05, 0) is 19.4 Å². The molecule has 0 aliphatic carbocycles. The van der Waals surface area contributed by atoms with Crippen molar-refractivity contribution in [3.63, 3.8) is 0 Å². The van der Waals surface area contributed by atoms with Gasteiger partial charge < -0.3 is 4.74 Å². The highest BCUT2D eigenvalue weighted by molar-refractivity contribution is 5.86. The molecule has 28 heavy (non-hydrogen) atoms. The van der Waals surface area contributed by atoms with Crippen LogP contribution in [0, 0.1) is 22.7 Å². The van der Waals surface area contributed by atoms with Crippen molar-refractivity contribution in [1.82, 2.24) is 0 Å². The van der Waals surface area contributed by atoms with Gasteiger partial charge in [0.2, 0.25) is 0 Å². The predicted octanol–water partition coefficient (Wildman–Crippen LogP) is 6.21. The Labute approximate surface area is 170 Å². The molecule has 0 aliphatic rings. The fourth-order valence-corrected chi connectivity index (χ4v) is 0.763. The van der Waals surface area contributed by atoms with Crippen molar-refractivity contribution >= 4 is 12.0 Å². The highest BCUT2D eigenvalue weighted by Gasteiger charge is 1.95. The molecule has 0 amide bonds. The van der Waals surface area contributed by atoms with Crippen LogP contribution in [0.25, 0.3) is 6.08 Å². The number of carbonyl (C=O) groups is 1. The lowest BCUT2D eigenvalue weighted by Crippen LogP contribution is -1.98. The van der Waals surface area contributed by atoms with Crippen LogP contribution in [0.3, 0.4) is 0 Å². The van der Waals surface area contributed by atoms with Crippen LogP contribution < -0.4 is 0 Å². The Bertz CT molecular complexity index is 682. The van der Waals surface area contributed by atoms with Gasteiger partial charge in [-0.2, -0.15) is 10.5 Å². The molecule has 0 N–H and O–H groups in total. The summed E-state index contributed by atoms with van der Waals surface area (Å²) in [4.78, 5) is 10.2. The van der Waals surface area contributed by atoms with E-state index in [0.717, 1.165) is 0 Å². The lowest BCUT2D eigenvalue weighted by Gasteiger charge is -1.91. The molecule has 4 heteroatoms. The standard InChI is InChI=1S/C8H8.C5H8O2.C4H5N.C4H6.C3H3N/c1-2-8-6-4-3-5-7-8;1-4(2)5(6)7-3;1-4(2)3-5;1-3-4-2;1-2-3-4/h2-7H,1H2;1H2,2-3H3;1H2,2H3;3-4H,1-2H2;2H,1H2. The lowest BCUT2D eigenvalue weighted by molar-refractivity contribution is -0.136. The van der Waals surface area contributed by atoms with E-state index in [9.17, 15) is 4.79 Å². The van der Waals surface area contributed by atoms with E-state index < -0.39 is 0 Å². The molecule has 0 saturated carbocycles. The van der Waals surface area contributed by atoms with Gasteiger partial charge >= 0.3 is 5.97 Å². The van der Waals surface area contributed by atoms with E-state index in [4.69, 9.17) is 10.5 Å². The minimum atomic E-state index is -0.347. The molecule has 0 aromatic heterocycles. The fourth-order valence-electron chi connectivity index (χ4n) is 0.763. The van der Waals surface area contributed by atoms with E-state index >= 15 is 0 Å². The van der Waals surface area contributed by atoms with Gasteiger partial charge in [0.25, 0.3) is 0 Å². The van der Waals surface area contributed by atoms with Gasteiger partial charge in [-0.1, -0.05) is 88.0 Å². The molecule has 0 spiro atoms. The summed E-state index contributed by atoms with van der Waals surface area (Å²) < 4.78 is 4.27. The molecule has 1 aromatic rings. The maximum atomic E-state index is 10.2. The van der Waals surface area contributed by atoms with Gasteiger partial charge in [0.1, 0.15) is 0 Å². The lowest BCUT2D eigenvalue weighted by atomic mass is 10.2. The number of methoxy groups -OCH3 is 1. The summed E-state index contributed by atoms with van der Waals surface area (Å²) in [7, 11) is 1.33. The van der Waals surface area contributed by atoms with Crippen molar-refractivity contribution in [2.45, 2.75) is 13.8 Å². The summed E-state index contributed by atoms with van der Waals surface area (Å²) in [5.74, 6) is -0.347. The zero-order valence-electron chi connectivity index (χ0n) is 17.1. The molecule has 1 aromatic carbocycles. The van der Waals surface area contributed by atoms with Gasteiger partial charge in [0, 0.05) is 17.2 Å². The third-order valence-corrected chi connectivity index (χ3v) is 2.02. The first-order chi connectivity index (χ1) is 13.2. The van der Waals surface area contributed by atoms with Crippen LogP contribution in [0.5, 0.6) is 0 Å². The van der Waals surface area contributed by atoms with Crippen molar-refractivity contribution in [1.29, 1.82) is 10.5 Å². The van der Waals surface area contributed by atoms with Crippen LogP contribution in [0.15, 0.2) is 99.2 Å². The predicted molar refractivity (Wildman–Crippen MR) is 120 cm³/mol. The maximum Gasteiger partial charge on any atom is 0.332 e. The van der Waals surface area contributed by atoms with Crippen molar-refractivity contribution in [2.24, 2.45) is 0 Å². The van der Waals surface area contributed by atoms with Crippen LogP contribution >= 0.6 is 0 Å². The molecule has 0 radical (unpaired) electrons. The third-order valence-electron chi connectivity index (χ3n) is 2.02. The molecule has 0 atom stereocenters. The minimum Gasteiger partial charge on any atom is -0.466 e. The second kappa shape index (κ2) is 27.9. The van der Waals surface area contributed by atoms with Crippen LogP contribution in [0.1, 0.15) is 19.4 Å². The Morgan fingerprint density at radius 1 is 1.00 bits per heavy atom. The van der Waals surface area contributed by atoms with Crippen LogP contribution in [0.2, 0.25) is 0 Å². The molecule has 4 nitrogen and oxygen atoms in total. The first kappa shape index (κ1) is 31.8. The monoisotopic (exact) mass is 378 g/mol. The number of allylic oxidation sites excluding steroid dienone is 4. The maximum absolute atomic E-state index is 10.2. The molecule has 0 aliphatic heterocycles. The van der Waals surface area contributed by atoms with Gasteiger partial charge in [-0.15, -0.1) is 0 Å². The second-order valence-corrected chi connectivity index (χ2v) is 4.58. The topological polar surface area (TPSA) is 73.9 Å². The van der Waals surface area contributed by atoms with Crippen LogP contribution in [-0.4, -0.2) is 13.1 Å². The highest BCUT2D eigenvalue weighted by Crippen LogP contribution is 1.97. The Balaban J connectivity index is -0.000000133. The molecule has 0 bridgehead atoms. The summed E-state index contributed by atoms with van der Waals surface area (Å²) >= 11 is 0. The average molecular weight is 379 g/mol. The zero-order chi connectivity index (χ0) is 22.8. The van der Waals surface area contributed by atoms with E-state index in [1.165, 1.54) is 18.7 Å². The number of carbonyl (C=O) groups excluding carboxylic acids is 1. The highest BCUT2D eigenvalue weighted by atomic mass is 16.5. The first-order valence-corrected chi connectivity index (χ1v) is 7.93. The van der Waals surface area contributed by atoms with E-state index in [0.29, 0.717) is 11.1 Å². The average Bonchev–Trinajstić information content (AvgIpc) is 2.74. The third kappa shape index (κ3) is 38.0. The van der Waals surface area contributed by atoms with Crippen molar-refractivity contribution in [3.8, 4) is 12.1 Å². The van der Waals surface area contributed by atoms with Crippen molar-refractivity contribution < 1.29 is 9.53 Å². The number of esters is 1. The normalized spacial score (nSPS) is 6.61. The number of benzene rings is 1. The number of rotatable bonds is 3. The Morgan fingerprint density at radius 3 is 1.50 bits per heavy atom. The summed E-state index contributed by atoms with van der Waals surface area (Å²) in [6.07, 6.45) is 6.29. The second-order valence-electron chi connectivity index (χ2n) is 4.58. The largest absolute Gasteiger partial charge is 0.466 e.